The van der Waals surface area contributed by atoms with Gasteiger partial charge in [-0.05, 0) is 63.6 Å². The topological polar surface area (TPSA) is 45.4 Å². The molecule has 3 rings (SSSR count). The van der Waals surface area contributed by atoms with Gasteiger partial charge in [0, 0.05) is 5.39 Å². The first-order valence-electron chi connectivity index (χ1n) is 8.04. The maximum atomic E-state index is 9.56. The number of aliphatic hydroxyl groups is 1. The second-order valence-electron chi connectivity index (χ2n) is 6.39. The second-order valence-corrected chi connectivity index (χ2v) is 6.39. The number of hydrogen-bond donors (Lipinski definition) is 2. The van der Waals surface area contributed by atoms with Crippen molar-refractivity contribution < 1.29 is 9.52 Å². The van der Waals surface area contributed by atoms with E-state index in [1.54, 1.807) is 0 Å². The Morgan fingerprint density at radius 1 is 1.24 bits per heavy atom. The molecule has 0 amide bonds. The molecule has 1 saturated carbocycles. The molecule has 1 aromatic heterocycles. The molecule has 21 heavy (non-hydrogen) atoms. The minimum Gasteiger partial charge on any atom is -0.459 e. The summed E-state index contributed by atoms with van der Waals surface area (Å²) in [7, 11) is 0. The van der Waals surface area contributed by atoms with E-state index in [1.165, 1.54) is 10.9 Å². The first-order chi connectivity index (χ1) is 10.1. The predicted molar refractivity (Wildman–Crippen MR) is 85.3 cm³/mol. The van der Waals surface area contributed by atoms with Gasteiger partial charge >= 0.3 is 0 Å². The monoisotopic (exact) mass is 287 g/mol. The largest absolute Gasteiger partial charge is 0.459 e. The van der Waals surface area contributed by atoms with Crippen LogP contribution in [-0.4, -0.2) is 17.8 Å². The van der Waals surface area contributed by atoms with Gasteiger partial charge in [-0.15, -0.1) is 0 Å². The highest BCUT2D eigenvalue weighted by Crippen LogP contribution is 2.30. The van der Waals surface area contributed by atoms with Crippen molar-refractivity contribution in [3.05, 3.63) is 35.6 Å². The molecule has 2 aromatic rings. The summed E-state index contributed by atoms with van der Waals surface area (Å²) in [6.45, 7) is 5.31. The number of hydrogen-bond acceptors (Lipinski definition) is 3. The van der Waals surface area contributed by atoms with Crippen LogP contribution in [0.1, 0.15) is 50.0 Å². The zero-order valence-corrected chi connectivity index (χ0v) is 12.9. The average molecular weight is 287 g/mol. The highest BCUT2D eigenvalue weighted by Gasteiger charge is 2.21. The standard InChI is InChI=1S/C18H25NO2/c1-12-16-5-3-4-6-17(16)21-18(12)13(2)19-11-14-7-9-15(20)10-8-14/h3-6,13-15,19-20H,7-11H2,1-2H3. The normalized spacial score (nSPS) is 24.3. The van der Waals surface area contributed by atoms with E-state index in [9.17, 15) is 5.11 Å². The number of aliphatic hydroxyl groups excluding tert-OH is 1. The average Bonchev–Trinajstić information content (AvgIpc) is 2.84. The van der Waals surface area contributed by atoms with Gasteiger partial charge in [0.2, 0.25) is 0 Å². The molecule has 0 bridgehead atoms. The zero-order chi connectivity index (χ0) is 14.8. The fourth-order valence-corrected chi connectivity index (χ4v) is 3.39. The van der Waals surface area contributed by atoms with Crippen LogP contribution in [0.15, 0.2) is 28.7 Å². The van der Waals surface area contributed by atoms with E-state index in [-0.39, 0.29) is 12.1 Å². The Balaban J connectivity index is 1.64. The Labute approximate surface area is 126 Å². The van der Waals surface area contributed by atoms with Crippen LogP contribution in [0.2, 0.25) is 0 Å². The smallest absolute Gasteiger partial charge is 0.134 e. The summed E-state index contributed by atoms with van der Waals surface area (Å²) >= 11 is 0. The molecule has 1 fully saturated rings. The Kier molecular flexibility index (Phi) is 4.32. The molecule has 1 aliphatic carbocycles. The Bertz CT molecular complexity index is 596. The third kappa shape index (κ3) is 3.14. The van der Waals surface area contributed by atoms with Crippen molar-refractivity contribution in [2.45, 2.75) is 51.7 Å². The summed E-state index contributed by atoms with van der Waals surface area (Å²) in [6.07, 6.45) is 4.07. The molecular weight excluding hydrogens is 262 g/mol. The predicted octanol–water partition coefficient (Wildman–Crippen LogP) is 3.94. The second kappa shape index (κ2) is 6.20. The fraction of sp³-hybridized carbons (Fsp3) is 0.556. The third-order valence-corrected chi connectivity index (χ3v) is 4.80. The zero-order valence-electron chi connectivity index (χ0n) is 12.9. The van der Waals surface area contributed by atoms with Crippen LogP contribution in [0.25, 0.3) is 11.0 Å². The summed E-state index contributed by atoms with van der Waals surface area (Å²) in [5.74, 6) is 1.73. The molecule has 0 radical (unpaired) electrons. The van der Waals surface area contributed by atoms with Gasteiger partial charge in [-0.25, -0.2) is 0 Å². The molecule has 1 aromatic carbocycles. The van der Waals surface area contributed by atoms with Gasteiger partial charge in [-0.3, -0.25) is 0 Å². The summed E-state index contributed by atoms with van der Waals surface area (Å²) in [4.78, 5) is 0. The minimum absolute atomic E-state index is 0.0729. The van der Waals surface area contributed by atoms with Gasteiger partial charge in [0.1, 0.15) is 11.3 Å². The van der Waals surface area contributed by atoms with Gasteiger partial charge in [0.15, 0.2) is 0 Å². The molecule has 2 N–H and O–H groups in total. The number of para-hydroxylation sites is 1. The van der Waals surface area contributed by atoms with E-state index in [0.29, 0.717) is 5.92 Å². The lowest BCUT2D eigenvalue weighted by Crippen LogP contribution is -2.29. The quantitative estimate of drug-likeness (QED) is 0.895. The molecule has 3 nitrogen and oxygen atoms in total. The van der Waals surface area contributed by atoms with Crippen LogP contribution in [0.4, 0.5) is 0 Å². The lowest BCUT2D eigenvalue weighted by Gasteiger charge is -2.26. The van der Waals surface area contributed by atoms with Gasteiger partial charge in [-0.1, -0.05) is 18.2 Å². The lowest BCUT2D eigenvalue weighted by atomic mass is 9.87. The van der Waals surface area contributed by atoms with Crippen LogP contribution >= 0.6 is 0 Å². The number of rotatable bonds is 4. The van der Waals surface area contributed by atoms with E-state index in [2.05, 4.69) is 31.3 Å². The summed E-state index contributed by atoms with van der Waals surface area (Å²) in [5, 5.41) is 14.4. The van der Waals surface area contributed by atoms with Gasteiger partial charge in [0.05, 0.1) is 12.1 Å². The molecule has 1 aliphatic rings. The highest BCUT2D eigenvalue weighted by atomic mass is 16.3. The maximum Gasteiger partial charge on any atom is 0.134 e. The Morgan fingerprint density at radius 3 is 2.67 bits per heavy atom. The molecule has 0 aliphatic heterocycles. The first-order valence-corrected chi connectivity index (χ1v) is 8.04. The van der Waals surface area contributed by atoms with E-state index >= 15 is 0 Å². The van der Waals surface area contributed by atoms with Crippen LogP contribution in [0.5, 0.6) is 0 Å². The molecule has 1 heterocycles. The molecule has 1 atom stereocenters. The van der Waals surface area contributed by atoms with E-state index < -0.39 is 0 Å². The van der Waals surface area contributed by atoms with Crippen molar-refractivity contribution in [3.63, 3.8) is 0 Å². The summed E-state index contributed by atoms with van der Waals surface area (Å²) < 4.78 is 6.02. The van der Waals surface area contributed by atoms with Gasteiger partial charge in [-0.2, -0.15) is 0 Å². The maximum absolute atomic E-state index is 9.56. The molecule has 0 saturated heterocycles. The lowest BCUT2D eigenvalue weighted by molar-refractivity contribution is 0.107. The molecule has 1 unspecified atom stereocenters. The number of fused-ring (bicyclic) bond motifs is 1. The molecule has 114 valence electrons. The summed E-state index contributed by atoms with van der Waals surface area (Å²) in [5.41, 5.74) is 2.21. The number of aryl methyl sites for hydroxylation is 1. The summed E-state index contributed by atoms with van der Waals surface area (Å²) in [6, 6.07) is 8.44. The van der Waals surface area contributed by atoms with Gasteiger partial charge < -0.3 is 14.8 Å². The van der Waals surface area contributed by atoms with Crippen molar-refractivity contribution in [3.8, 4) is 0 Å². The highest BCUT2D eigenvalue weighted by molar-refractivity contribution is 5.82. The van der Waals surface area contributed by atoms with E-state index in [0.717, 1.165) is 43.6 Å². The Morgan fingerprint density at radius 2 is 1.95 bits per heavy atom. The molecule has 0 spiro atoms. The van der Waals surface area contributed by atoms with Gasteiger partial charge in [0.25, 0.3) is 0 Å². The van der Waals surface area contributed by atoms with Crippen LogP contribution in [0.3, 0.4) is 0 Å². The van der Waals surface area contributed by atoms with Crippen molar-refractivity contribution in [1.82, 2.24) is 5.32 Å². The van der Waals surface area contributed by atoms with Crippen LogP contribution < -0.4 is 5.32 Å². The SMILES string of the molecule is Cc1c(C(C)NCC2CCC(O)CC2)oc2ccccc12. The van der Waals surface area contributed by atoms with E-state index in [1.807, 2.05) is 12.1 Å². The number of furan rings is 1. The van der Waals surface area contributed by atoms with Crippen molar-refractivity contribution >= 4 is 11.0 Å². The van der Waals surface area contributed by atoms with Crippen molar-refractivity contribution in [1.29, 1.82) is 0 Å². The minimum atomic E-state index is -0.0729. The van der Waals surface area contributed by atoms with E-state index in [4.69, 9.17) is 4.42 Å². The number of nitrogens with one attached hydrogen (secondary N) is 1. The fourth-order valence-electron chi connectivity index (χ4n) is 3.39. The first kappa shape index (κ1) is 14.6. The van der Waals surface area contributed by atoms with Crippen molar-refractivity contribution in [2.75, 3.05) is 6.54 Å². The van der Waals surface area contributed by atoms with Crippen LogP contribution in [0, 0.1) is 12.8 Å². The van der Waals surface area contributed by atoms with Crippen LogP contribution in [-0.2, 0) is 0 Å². The molecule has 3 heteroatoms. The van der Waals surface area contributed by atoms with Crippen molar-refractivity contribution in [2.24, 2.45) is 5.92 Å². The Hall–Kier alpha value is -1.32. The molecular formula is C18H25NO2. The number of benzene rings is 1. The third-order valence-electron chi connectivity index (χ3n) is 4.80.